The molecule has 0 aliphatic carbocycles. The summed E-state index contributed by atoms with van der Waals surface area (Å²) in [4.78, 5) is 7.05. The molecule has 1 aliphatic rings. The lowest BCUT2D eigenvalue weighted by Gasteiger charge is -2.15. The van der Waals surface area contributed by atoms with Crippen LogP contribution < -0.4 is 10.1 Å². The van der Waals surface area contributed by atoms with Gasteiger partial charge in [-0.15, -0.1) is 10.2 Å². The normalized spacial score (nSPS) is 13.9. The number of phenolic OH excluding ortho intramolecular Hbond substituents is 1. The highest BCUT2D eigenvalue weighted by Crippen LogP contribution is 2.37. The number of likely N-dealkylation sites (tertiary alicyclic amines) is 1. The van der Waals surface area contributed by atoms with Crippen molar-refractivity contribution in [1.29, 1.82) is 0 Å². The van der Waals surface area contributed by atoms with Gasteiger partial charge >= 0.3 is 0 Å². The Kier molecular flexibility index (Phi) is 6.47. The number of hydrogen-bond donors (Lipinski definition) is 2. The molecule has 1 fully saturated rings. The van der Waals surface area contributed by atoms with E-state index in [9.17, 15) is 5.11 Å². The first kappa shape index (κ1) is 22.4. The minimum atomic E-state index is 0.0467. The van der Waals surface area contributed by atoms with E-state index in [0.29, 0.717) is 23.1 Å². The molecule has 1 aliphatic heterocycles. The lowest BCUT2D eigenvalue weighted by Crippen LogP contribution is -2.25. The fourth-order valence-electron chi connectivity index (χ4n) is 4.22. The first-order chi connectivity index (χ1) is 16.6. The van der Waals surface area contributed by atoms with E-state index in [4.69, 9.17) is 16.3 Å². The van der Waals surface area contributed by atoms with E-state index in [-0.39, 0.29) is 5.75 Å². The quantitative estimate of drug-likeness (QED) is 0.361. The van der Waals surface area contributed by atoms with E-state index in [0.717, 1.165) is 40.2 Å². The molecule has 2 heterocycles. The summed E-state index contributed by atoms with van der Waals surface area (Å²) >= 11 is 6.31. The molecule has 1 saturated heterocycles. The summed E-state index contributed by atoms with van der Waals surface area (Å²) in [7, 11) is 0. The van der Waals surface area contributed by atoms with Crippen LogP contribution in [0, 0.1) is 6.92 Å². The first-order valence-corrected chi connectivity index (χ1v) is 11.8. The number of ether oxygens (including phenoxy) is 1. The summed E-state index contributed by atoms with van der Waals surface area (Å²) in [5.41, 5.74) is 4.82. The van der Waals surface area contributed by atoms with Crippen molar-refractivity contribution in [2.24, 2.45) is 0 Å². The number of benzene rings is 3. The fraction of sp³-hybridized carbons (Fsp3) is 0.269. The van der Waals surface area contributed by atoms with Crippen LogP contribution in [-0.4, -0.2) is 51.4 Å². The SMILES string of the molecule is Cc1cc2nc(Nc3ccc(OCCN4CCCC4)cc3)nnc2cc1-c1cccc(O)c1Cl. The van der Waals surface area contributed by atoms with Crippen LogP contribution in [0.15, 0.2) is 54.6 Å². The Labute approximate surface area is 203 Å². The molecule has 8 heteroatoms. The van der Waals surface area contributed by atoms with Crippen molar-refractivity contribution in [3.63, 3.8) is 0 Å². The topological polar surface area (TPSA) is 83.4 Å². The molecule has 34 heavy (non-hydrogen) atoms. The van der Waals surface area contributed by atoms with Crippen LogP contribution in [0.3, 0.4) is 0 Å². The van der Waals surface area contributed by atoms with Crippen molar-refractivity contribution in [3.05, 3.63) is 65.2 Å². The lowest BCUT2D eigenvalue weighted by molar-refractivity contribution is 0.238. The van der Waals surface area contributed by atoms with Gasteiger partial charge in [-0.25, -0.2) is 4.98 Å². The molecule has 4 aromatic rings. The minimum Gasteiger partial charge on any atom is -0.506 e. The summed E-state index contributed by atoms with van der Waals surface area (Å²) in [5.74, 6) is 1.30. The molecule has 174 valence electrons. The standard InChI is InChI=1S/C26H26ClN5O2/c1-17-15-22-23(16-21(17)20-5-4-6-24(33)25(20)27)30-31-26(29-22)28-18-7-9-19(10-8-18)34-14-13-32-11-2-3-12-32/h4-10,15-16,33H,2-3,11-14H2,1H3,(H,28,29,31). The van der Waals surface area contributed by atoms with Crippen LogP contribution in [0.2, 0.25) is 5.02 Å². The van der Waals surface area contributed by atoms with Crippen LogP contribution in [0.5, 0.6) is 11.5 Å². The molecule has 0 unspecified atom stereocenters. The lowest BCUT2D eigenvalue weighted by atomic mass is 9.99. The average molecular weight is 476 g/mol. The van der Waals surface area contributed by atoms with E-state index in [1.54, 1.807) is 12.1 Å². The monoisotopic (exact) mass is 475 g/mol. The zero-order chi connectivity index (χ0) is 23.5. The number of nitrogens with zero attached hydrogens (tertiary/aromatic N) is 4. The Hall–Kier alpha value is -3.42. The highest BCUT2D eigenvalue weighted by Gasteiger charge is 2.13. The second kappa shape index (κ2) is 9.83. The maximum atomic E-state index is 9.96. The molecule has 3 aromatic carbocycles. The number of nitrogens with one attached hydrogen (secondary N) is 1. The van der Waals surface area contributed by atoms with Crippen LogP contribution in [0.1, 0.15) is 18.4 Å². The van der Waals surface area contributed by atoms with Crippen molar-refractivity contribution < 1.29 is 9.84 Å². The van der Waals surface area contributed by atoms with Gasteiger partial charge in [0.25, 0.3) is 0 Å². The van der Waals surface area contributed by atoms with E-state index >= 15 is 0 Å². The van der Waals surface area contributed by atoms with Gasteiger partial charge in [0, 0.05) is 17.8 Å². The van der Waals surface area contributed by atoms with Crippen molar-refractivity contribution in [1.82, 2.24) is 20.1 Å². The van der Waals surface area contributed by atoms with Crippen LogP contribution in [-0.2, 0) is 0 Å². The molecule has 0 bridgehead atoms. The molecule has 5 rings (SSSR count). The smallest absolute Gasteiger partial charge is 0.247 e. The van der Waals surface area contributed by atoms with Gasteiger partial charge in [0.2, 0.25) is 5.95 Å². The Bertz CT molecular complexity index is 1310. The first-order valence-electron chi connectivity index (χ1n) is 11.4. The minimum absolute atomic E-state index is 0.0467. The highest BCUT2D eigenvalue weighted by molar-refractivity contribution is 6.34. The maximum Gasteiger partial charge on any atom is 0.247 e. The van der Waals surface area contributed by atoms with E-state index in [2.05, 4.69) is 25.4 Å². The van der Waals surface area contributed by atoms with Gasteiger partial charge in [0.15, 0.2) is 0 Å². The van der Waals surface area contributed by atoms with E-state index in [1.165, 1.54) is 25.9 Å². The molecule has 0 saturated carbocycles. The van der Waals surface area contributed by atoms with Crippen molar-refractivity contribution >= 4 is 34.3 Å². The Morgan fingerprint density at radius 3 is 2.59 bits per heavy atom. The van der Waals surface area contributed by atoms with Crippen molar-refractivity contribution in [2.45, 2.75) is 19.8 Å². The van der Waals surface area contributed by atoms with Crippen molar-refractivity contribution in [3.8, 4) is 22.6 Å². The third-order valence-electron chi connectivity index (χ3n) is 6.05. The molecule has 2 N–H and O–H groups in total. The van der Waals surface area contributed by atoms with E-state index in [1.807, 2.05) is 49.4 Å². The fourth-order valence-corrected chi connectivity index (χ4v) is 4.45. The van der Waals surface area contributed by atoms with Gasteiger partial charge in [-0.3, -0.25) is 4.90 Å². The molecular formula is C26H26ClN5O2. The second-order valence-corrected chi connectivity index (χ2v) is 8.85. The van der Waals surface area contributed by atoms with Crippen LogP contribution in [0.4, 0.5) is 11.6 Å². The second-order valence-electron chi connectivity index (χ2n) is 8.48. The third-order valence-corrected chi connectivity index (χ3v) is 6.45. The number of hydrogen-bond acceptors (Lipinski definition) is 7. The summed E-state index contributed by atoms with van der Waals surface area (Å²) in [6, 6.07) is 16.8. The number of phenols is 1. The number of rotatable bonds is 7. The number of aromatic hydroxyl groups is 1. The van der Waals surface area contributed by atoms with E-state index < -0.39 is 0 Å². The third kappa shape index (κ3) is 4.90. The predicted molar refractivity (Wildman–Crippen MR) is 135 cm³/mol. The van der Waals surface area contributed by atoms with Crippen LogP contribution >= 0.6 is 11.6 Å². The van der Waals surface area contributed by atoms with Gasteiger partial charge in [-0.1, -0.05) is 23.7 Å². The predicted octanol–water partition coefficient (Wildman–Crippen LogP) is 5.58. The van der Waals surface area contributed by atoms with Gasteiger partial charge < -0.3 is 15.2 Å². The Morgan fingerprint density at radius 2 is 1.79 bits per heavy atom. The summed E-state index contributed by atoms with van der Waals surface area (Å²) < 4.78 is 5.87. The summed E-state index contributed by atoms with van der Waals surface area (Å²) in [6.45, 7) is 5.99. The Balaban J connectivity index is 1.28. The van der Waals surface area contributed by atoms with Gasteiger partial charge in [0.05, 0.1) is 10.5 Å². The zero-order valence-electron chi connectivity index (χ0n) is 19.0. The van der Waals surface area contributed by atoms with Gasteiger partial charge in [-0.2, -0.15) is 0 Å². The van der Waals surface area contributed by atoms with Gasteiger partial charge in [0.1, 0.15) is 23.6 Å². The number of aromatic nitrogens is 3. The van der Waals surface area contributed by atoms with Crippen molar-refractivity contribution in [2.75, 3.05) is 31.6 Å². The molecule has 1 aromatic heterocycles. The molecule has 0 amide bonds. The molecule has 0 spiro atoms. The molecule has 7 nitrogen and oxygen atoms in total. The summed E-state index contributed by atoms with van der Waals surface area (Å²) in [5, 5.41) is 22.0. The zero-order valence-corrected chi connectivity index (χ0v) is 19.7. The molecular weight excluding hydrogens is 450 g/mol. The highest BCUT2D eigenvalue weighted by atomic mass is 35.5. The largest absolute Gasteiger partial charge is 0.506 e. The molecule has 0 atom stereocenters. The molecule has 0 radical (unpaired) electrons. The summed E-state index contributed by atoms with van der Waals surface area (Å²) in [6.07, 6.45) is 2.58. The number of aryl methyl sites for hydroxylation is 1. The van der Waals surface area contributed by atoms with Gasteiger partial charge in [-0.05, 0) is 86.4 Å². The van der Waals surface area contributed by atoms with Crippen LogP contribution in [0.25, 0.3) is 22.2 Å². The Morgan fingerprint density at radius 1 is 1.00 bits per heavy atom. The number of fused-ring (bicyclic) bond motifs is 1. The number of halogens is 1. The average Bonchev–Trinajstić information content (AvgIpc) is 3.35. The number of anilines is 2. The maximum absolute atomic E-state index is 9.96.